The van der Waals surface area contributed by atoms with E-state index in [2.05, 4.69) is 100 Å². The summed E-state index contributed by atoms with van der Waals surface area (Å²) in [5.41, 5.74) is 7.95. The van der Waals surface area contributed by atoms with E-state index in [1.807, 2.05) is 0 Å². The molecule has 0 saturated heterocycles. The Kier molecular flexibility index (Phi) is 6.79. The molecule has 0 aromatic heterocycles. The Morgan fingerprint density at radius 2 is 1.25 bits per heavy atom. The van der Waals surface area contributed by atoms with E-state index in [1.165, 1.54) is 33.4 Å². The summed E-state index contributed by atoms with van der Waals surface area (Å²) >= 11 is 14.4. The Morgan fingerprint density at radius 1 is 0.650 bits per heavy atom. The van der Waals surface area contributed by atoms with Gasteiger partial charge in [0.1, 0.15) is 0 Å². The maximum Gasteiger partial charge on any atom is 0.0289 e. The van der Waals surface area contributed by atoms with E-state index >= 15 is 0 Å². The summed E-state index contributed by atoms with van der Waals surface area (Å²) in [5.74, 6) is 0. The summed E-state index contributed by atoms with van der Waals surface area (Å²) in [6.07, 6.45) is 0. The van der Waals surface area contributed by atoms with Crippen molar-refractivity contribution in [2.45, 2.75) is 21.3 Å². The van der Waals surface area contributed by atoms with Gasteiger partial charge in [0.05, 0.1) is 0 Å². The van der Waals surface area contributed by atoms with Gasteiger partial charge in [0.2, 0.25) is 0 Å². The quantitative estimate of drug-likeness (QED) is 0.371. The molecule has 0 aliphatic heterocycles. The van der Waals surface area contributed by atoms with Crippen molar-refractivity contribution >= 4 is 63.7 Å². The molecule has 0 aliphatic rings. The Labute approximate surface area is 153 Å². The third kappa shape index (κ3) is 3.57. The zero-order valence-corrected chi connectivity index (χ0v) is 17.1. The van der Waals surface area contributed by atoms with Crippen molar-refractivity contribution in [2.24, 2.45) is 0 Å². The summed E-state index contributed by atoms with van der Waals surface area (Å²) in [7, 11) is 0. The molecular weight excluding hydrogens is 512 g/mol. The highest BCUT2D eigenvalue weighted by Gasteiger charge is 2.13. The highest BCUT2D eigenvalue weighted by atomic mass is 79.9. The molecule has 0 saturated carbocycles. The zero-order chi connectivity index (χ0) is 14.5. The summed E-state index contributed by atoms with van der Waals surface area (Å²) in [4.78, 5) is 0. The number of alkyl halides is 4. The van der Waals surface area contributed by atoms with Crippen LogP contribution in [0.1, 0.15) is 22.3 Å². The normalized spacial score (nSPS) is 10.8. The molecule has 106 valence electrons. The number of rotatable bonds is 5. The minimum atomic E-state index is 0.864. The largest absolute Gasteiger partial charge is 0.0876 e. The van der Waals surface area contributed by atoms with E-state index in [0.717, 1.165) is 21.3 Å². The minimum absolute atomic E-state index is 0.864. The Morgan fingerprint density at radius 3 is 1.75 bits per heavy atom. The molecule has 0 heterocycles. The van der Waals surface area contributed by atoms with Crippen molar-refractivity contribution in [2.75, 3.05) is 0 Å². The van der Waals surface area contributed by atoms with Crippen LogP contribution in [0.5, 0.6) is 0 Å². The molecule has 0 amide bonds. The monoisotopic (exact) mass is 522 g/mol. The van der Waals surface area contributed by atoms with Crippen molar-refractivity contribution in [3.63, 3.8) is 0 Å². The fourth-order valence-corrected chi connectivity index (χ4v) is 4.05. The predicted octanol–water partition coefficient (Wildman–Crippen LogP) is 6.93. The molecule has 4 heteroatoms. The molecule has 0 bridgehead atoms. The van der Waals surface area contributed by atoms with E-state index in [4.69, 9.17) is 0 Å². The van der Waals surface area contributed by atoms with Gasteiger partial charge in [-0.05, 0) is 39.4 Å². The molecule has 0 fully saturated rings. The fourth-order valence-electron chi connectivity index (χ4n) is 2.28. The molecule has 0 nitrogen and oxygen atoms in total. The van der Waals surface area contributed by atoms with E-state index in [-0.39, 0.29) is 0 Å². The van der Waals surface area contributed by atoms with E-state index in [0.29, 0.717) is 0 Å². The van der Waals surface area contributed by atoms with Gasteiger partial charge < -0.3 is 0 Å². The average molecular weight is 526 g/mol. The average Bonchev–Trinajstić information content (AvgIpc) is 2.53. The van der Waals surface area contributed by atoms with Gasteiger partial charge in [0.15, 0.2) is 0 Å². The molecule has 0 radical (unpaired) electrons. The smallest absolute Gasteiger partial charge is 0.0289 e. The lowest BCUT2D eigenvalue weighted by Crippen LogP contribution is -1.96. The van der Waals surface area contributed by atoms with Crippen LogP contribution in [-0.2, 0) is 21.3 Å². The molecule has 0 unspecified atom stereocenters. The summed E-state index contributed by atoms with van der Waals surface area (Å²) < 4.78 is 0. The van der Waals surface area contributed by atoms with Crippen LogP contribution in [0, 0.1) is 0 Å². The fraction of sp³-hybridized carbons (Fsp3) is 0.250. The van der Waals surface area contributed by atoms with Gasteiger partial charge in [-0.1, -0.05) is 94.1 Å². The molecule has 0 N–H and O–H groups in total. The molecule has 2 aromatic carbocycles. The van der Waals surface area contributed by atoms with Crippen LogP contribution in [0.15, 0.2) is 36.4 Å². The predicted molar refractivity (Wildman–Crippen MR) is 102 cm³/mol. The molecule has 0 spiro atoms. The van der Waals surface area contributed by atoms with Crippen LogP contribution in [0.3, 0.4) is 0 Å². The molecule has 0 atom stereocenters. The van der Waals surface area contributed by atoms with Crippen LogP contribution < -0.4 is 0 Å². The second kappa shape index (κ2) is 8.11. The number of benzene rings is 2. The molecule has 2 aromatic rings. The first kappa shape index (κ1) is 16.7. The summed E-state index contributed by atoms with van der Waals surface area (Å²) in [6, 6.07) is 13.2. The molecule has 2 rings (SSSR count). The SMILES string of the molecule is BrCc1ccc(CBr)c(-c2c(CBr)cccc2CBr)c1. The number of hydrogen-bond donors (Lipinski definition) is 0. The first-order valence-electron chi connectivity index (χ1n) is 6.22. The van der Waals surface area contributed by atoms with Gasteiger partial charge in [-0.3, -0.25) is 0 Å². The third-order valence-electron chi connectivity index (χ3n) is 3.27. The van der Waals surface area contributed by atoms with Crippen LogP contribution in [0.4, 0.5) is 0 Å². The molecule has 0 aliphatic carbocycles. The Bertz CT molecular complexity index is 571. The van der Waals surface area contributed by atoms with Gasteiger partial charge in [0, 0.05) is 21.3 Å². The maximum absolute atomic E-state index is 3.61. The molecule has 20 heavy (non-hydrogen) atoms. The van der Waals surface area contributed by atoms with Gasteiger partial charge in [-0.15, -0.1) is 0 Å². The standard InChI is InChI=1S/C16H14Br4/c17-7-11-4-5-12(8-18)15(6-11)16-13(9-19)2-1-3-14(16)10-20/h1-6H,7-10H2. The van der Waals surface area contributed by atoms with Gasteiger partial charge in [0.25, 0.3) is 0 Å². The van der Waals surface area contributed by atoms with Crippen LogP contribution >= 0.6 is 63.7 Å². The van der Waals surface area contributed by atoms with Gasteiger partial charge >= 0.3 is 0 Å². The maximum atomic E-state index is 3.61. The first-order valence-corrected chi connectivity index (χ1v) is 10.7. The van der Waals surface area contributed by atoms with Gasteiger partial charge in [-0.2, -0.15) is 0 Å². The molecular formula is C16H14Br4. The first-order chi connectivity index (χ1) is 9.74. The highest BCUT2D eigenvalue weighted by Crippen LogP contribution is 2.35. The second-order valence-electron chi connectivity index (χ2n) is 4.48. The highest BCUT2D eigenvalue weighted by molar-refractivity contribution is 9.09. The van der Waals surface area contributed by atoms with Crippen molar-refractivity contribution in [1.29, 1.82) is 0 Å². The van der Waals surface area contributed by atoms with Crippen molar-refractivity contribution in [1.82, 2.24) is 0 Å². The summed E-state index contributed by atoms with van der Waals surface area (Å²) in [5, 5.41) is 3.47. The van der Waals surface area contributed by atoms with E-state index in [9.17, 15) is 0 Å². The van der Waals surface area contributed by atoms with Crippen molar-refractivity contribution in [3.05, 3.63) is 58.7 Å². The second-order valence-corrected chi connectivity index (χ2v) is 6.72. The summed E-state index contributed by atoms with van der Waals surface area (Å²) in [6.45, 7) is 0. The number of hydrogen-bond acceptors (Lipinski definition) is 0. The number of halogens is 4. The lowest BCUT2D eigenvalue weighted by Gasteiger charge is -2.16. The van der Waals surface area contributed by atoms with E-state index in [1.54, 1.807) is 0 Å². The van der Waals surface area contributed by atoms with E-state index < -0.39 is 0 Å². The minimum Gasteiger partial charge on any atom is -0.0876 e. The van der Waals surface area contributed by atoms with Crippen LogP contribution in [0.25, 0.3) is 11.1 Å². The lowest BCUT2D eigenvalue weighted by molar-refractivity contribution is 1.30. The zero-order valence-electron chi connectivity index (χ0n) is 10.8. The topological polar surface area (TPSA) is 0 Å². The van der Waals surface area contributed by atoms with Gasteiger partial charge in [-0.25, -0.2) is 0 Å². The Hall–Kier alpha value is 0.360. The van der Waals surface area contributed by atoms with Crippen molar-refractivity contribution in [3.8, 4) is 11.1 Å². The van der Waals surface area contributed by atoms with Crippen molar-refractivity contribution < 1.29 is 0 Å². The third-order valence-corrected chi connectivity index (χ3v) is 5.73. The lowest BCUT2D eigenvalue weighted by atomic mass is 9.92. The Balaban J connectivity index is 2.72. The van der Waals surface area contributed by atoms with Crippen LogP contribution in [0.2, 0.25) is 0 Å². The van der Waals surface area contributed by atoms with Crippen LogP contribution in [-0.4, -0.2) is 0 Å².